The second-order valence-corrected chi connectivity index (χ2v) is 7.02. The van der Waals surface area contributed by atoms with E-state index in [-0.39, 0.29) is 35.8 Å². The molecule has 1 aliphatic rings. The number of guanidine groups is 1. The number of amides is 1. The van der Waals surface area contributed by atoms with Gasteiger partial charge in [-0.2, -0.15) is 0 Å². The highest BCUT2D eigenvalue weighted by Crippen LogP contribution is 2.20. The molecule has 1 aliphatic heterocycles. The summed E-state index contributed by atoms with van der Waals surface area (Å²) < 4.78 is 32.3. The Hall–Kier alpha value is -2.17. The van der Waals surface area contributed by atoms with Crippen LogP contribution in [0.25, 0.3) is 0 Å². The van der Waals surface area contributed by atoms with Crippen molar-refractivity contribution in [2.45, 2.75) is 19.8 Å². The molecular formula is C21H27F2IN4O2. The van der Waals surface area contributed by atoms with Gasteiger partial charge in [-0.15, -0.1) is 24.0 Å². The normalized spacial score (nSPS) is 15.5. The molecule has 164 valence electrons. The van der Waals surface area contributed by atoms with Crippen molar-refractivity contribution in [3.05, 3.63) is 59.6 Å². The molecule has 9 heteroatoms. The molecule has 1 fully saturated rings. The number of nitrogens with zero attached hydrogens (tertiary/aromatic N) is 3. The van der Waals surface area contributed by atoms with Crippen LogP contribution >= 0.6 is 24.0 Å². The number of hydrogen-bond acceptors (Lipinski definition) is 3. The van der Waals surface area contributed by atoms with Crippen molar-refractivity contribution in [3.8, 4) is 0 Å². The Morgan fingerprint density at radius 1 is 1.20 bits per heavy atom. The van der Waals surface area contributed by atoms with Crippen molar-refractivity contribution in [1.29, 1.82) is 0 Å². The van der Waals surface area contributed by atoms with Crippen LogP contribution in [0.3, 0.4) is 0 Å². The first-order valence-electron chi connectivity index (χ1n) is 9.80. The molecule has 1 aromatic carbocycles. The van der Waals surface area contributed by atoms with Gasteiger partial charge in [0.1, 0.15) is 11.6 Å². The van der Waals surface area contributed by atoms with Gasteiger partial charge in [-0.05, 0) is 30.7 Å². The second kappa shape index (κ2) is 11.3. The van der Waals surface area contributed by atoms with Crippen molar-refractivity contribution < 1.29 is 18.0 Å². The number of carbonyl (C=O) groups is 1. The van der Waals surface area contributed by atoms with Crippen LogP contribution in [0.5, 0.6) is 0 Å². The third-order valence-corrected chi connectivity index (χ3v) is 4.94. The number of aliphatic imine (C=N–C) groups is 1. The molecule has 6 nitrogen and oxygen atoms in total. The molecule has 1 aromatic heterocycles. The summed E-state index contributed by atoms with van der Waals surface area (Å²) in [4.78, 5) is 20.9. The predicted octanol–water partition coefficient (Wildman–Crippen LogP) is 3.70. The monoisotopic (exact) mass is 532 g/mol. The van der Waals surface area contributed by atoms with Crippen LogP contribution in [0.4, 0.5) is 8.78 Å². The minimum absolute atomic E-state index is 0. The second-order valence-electron chi connectivity index (χ2n) is 7.02. The number of carbonyl (C=O) groups excluding carboxylic acids is 1. The molecule has 1 unspecified atom stereocenters. The Morgan fingerprint density at radius 3 is 2.50 bits per heavy atom. The summed E-state index contributed by atoms with van der Waals surface area (Å²) in [6.07, 6.45) is 1.49. The van der Waals surface area contributed by atoms with Gasteiger partial charge < -0.3 is 19.5 Å². The SMILES string of the molecule is CCNC(=NCC(C)c1ccc(F)cc1F)N1CCN(C(=O)c2ccco2)CC1.I. The molecule has 0 radical (unpaired) electrons. The van der Waals surface area contributed by atoms with Crippen molar-refractivity contribution in [1.82, 2.24) is 15.1 Å². The Balaban J connectivity index is 0.00000320. The van der Waals surface area contributed by atoms with E-state index in [0.717, 1.165) is 12.0 Å². The first-order chi connectivity index (χ1) is 14.0. The predicted molar refractivity (Wildman–Crippen MR) is 122 cm³/mol. The zero-order valence-corrected chi connectivity index (χ0v) is 19.4. The fourth-order valence-corrected chi connectivity index (χ4v) is 3.33. The number of halogens is 3. The molecule has 1 atom stereocenters. The van der Waals surface area contributed by atoms with Gasteiger partial charge in [0.05, 0.1) is 6.26 Å². The zero-order valence-electron chi connectivity index (χ0n) is 17.1. The van der Waals surface area contributed by atoms with Gasteiger partial charge in [0.25, 0.3) is 5.91 Å². The van der Waals surface area contributed by atoms with Gasteiger partial charge in [0, 0.05) is 51.3 Å². The number of rotatable bonds is 5. The molecule has 30 heavy (non-hydrogen) atoms. The van der Waals surface area contributed by atoms with Crippen LogP contribution in [0, 0.1) is 11.6 Å². The van der Waals surface area contributed by atoms with Crippen LogP contribution in [-0.2, 0) is 0 Å². The maximum Gasteiger partial charge on any atom is 0.289 e. The highest BCUT2D eigenvalue weighted by molar-refractivity contribution is 14.0. The summed E-state index contributed by atoms with van der Waals surface area (Å²) in [6, 6.07) is 6.99. The summed E-state index contributed by atoms with van der Waals surface area (Å²) in [5, 5.41) is 3.25. The van der Waals surface area contributed by atoms with Crippen molar-refractivity contribution in [2.75, 3.05) is 39.3 Å². The van der Waals surface area contributed by atoms with Crippen LogP contribution in [0.2, 0.25) is 0 Å². The summed E-state index contributed by atoms with van der Waals surface area (Å²) in [5.41, 5.74) is 0.444. The van der Waals surface area contributed by atoms with Gasteiger partial charge in [-0.3, -0.25) is 9.79 Å². The minimum atomic E-state index is -0.586. The van der Waals surface area contributed by atoms with E-state index in [2.05, 4.69) is 15.2 Å². The lowest BCUT2D eigenvalue weighted by atomic mass is 10.0. The van der Waals surface area contributed by atoms with E-state index in [1.54, 1.807) is 17.0 Å². The van der Waals surface area contributed by atoms with Gasteiger partial charge in [-0.1, -0.05) is 13.0 Å². The van der Waals surface area contributed by atoms with Crippen molar-refractivity contribution in [2.24, 2.45) is 4.99 Å². The Kier molecular flexibility index (Phi) is 9.07. The maximum atomic E-state index is 14.0. The third-order valence-electron chi connectivity index (χ3n) is 4.94. The van der Waals surface area contributed by atoms with Crippen molar-refractivity contribution in [3.63, 3.8) is 0 Å². The molecule has 0 saturated carbocycles. The van der Waals surface area contributed by atoms with E-state index in [9.17, 15) is 13.6 Å². The topological polar surface area (TPSA) is 61.1 Å². The largest absolute Gasteiger partial charge is 0.459 e. The van der Waals surface area contributed by atoms with Crippen LogP contribution in [0.15, 0.2) is 46.0 Å². The summed E-state index contributed by atoms with van der Waals surface area (Å²) >= 11 is 0. The number of piperazine rings is 1. The van der Waals surface area contributed by atoms with Gasteiger partial charge >= 0.3 is 0 Å². The van der Waals surface area contributed by atoms with Crippen LogP contribution < -0.4 is 5.32 Å². The molecule has 2 aromatic rings. The quantitative estimate of drug-likeness (QED) is 0.363. The minimum Gasteiger partial charge on any atom is -0.459 e. The first-order valence-corrected chi connectivity index (χ1v) is 9.80. The van der Waals surface area contributed by atoms with E-state index < -0.39 is 11.6 Å². The molecule has 1 saturated heterocycles. The van der Waals surface area contributed by atoms with Crippen molar-refractivity contribution >= 4 is 35.8 Å². The van der Waals surface area contributed by atoms with Crippen LogP contribution in [0.1, 0.15) is 35.9 Å². The number of hydrogen-bond donors (Lipinski definition) is 1. The lowest BCUT2D eigenvalue weighted by Crippen LogP contribution is -2.53. The van der Waals surface area contributed by atoms with Gasteiger partial charge in [-0.25, -0.2) is 8.78 Å². The fourth-order valence-electron chi connectivity index (χ4n) is 3.33. The molecule has 1 amide bonds. The summed E-state index contributed by atoms with van der Waals surface area (Å²) in [6.45, 7) is 7.31. The van der Waals surface area contributed by atoms with Gasteiger partial charge in [0.2, 0.25) is 0 Å². The first kappa shape index (κ1) is 24.1. The Labute approximate surface area is 192 Å². The molecule has 0 spiro atoms. The number of benzene rings is 1. The smallest absolute Gasteiger partial charge is 0.289 e. The third kappa shape index (κ3) is 5.93. The van der Waals surface area contributed by atoms with E-state index >= 15 is 0 Å². The zero-order chi connectivity index (χ0) is 20.8. The average molecular weight is 532 g/mol. The number of furan rings is 1. The Bertz CT molecular complexity index is 853. The van der Waals surface area contributed by atoms with E-state index in [1.165, 1.54) is 18.4 Å². The Morgan fingerprint density at radius 2 is 1.90 bits per heavy atom. The molecule has 0 aliphatic carbocycles. The standard InChI is InChI=1S/C21H26F2N4O2.HI/c1-3-24-21(25-14-15(2)17-7-6-16(22)13-18(17)23)27-10-8-26(9-11-27)20(28)19-5-4-12-29-19;/h4-7,12-13,15H,3,8-11,14H2,1-2H3,(H,24,25);1H. The fraction of sp³-hybridized carbons (Fsp3) is 0.429. The van der Waals surface area contributed by atoms with E-state index in [0.29, 0.717) is 50.6 Å². The van der Waals surface area contributed by atoms with Gasteiger partial charge in [0.15, 0.2) is 11.7 Å². The van der Waals surface area contributed by atoms with E-state index in [1.807, 2.05) is 13.8 Å². The lowest BCUT2D eigenvalue weighted by Gasteiger charge is -2.36. The maximum absolute atomic E-state index is 14.0. The molecule has 3 rings (SSSR count). The average Bonchev–Trinajstić information content (AvgIpc) is 3.25. The van der Waals surface area contributed by atoms with E-state index in [4.69, 9.17) is 4.42 Å². The number of nitrogens with one attached hydrogen (secondary N) is 1. The van der Waals surface area contributed by atoms with Crippen LogP contribution in [-0.4, -0.2) is 60.9 Å². The highest BCUT2D eigenvalue weighted by atomic mass is 127. The summed E-state index contributed by atoms with van der Waals surface area (Å²) in [7, 11) is 0. The highest BCUT2D eigenvalue weighted by Gasteiger charge is 2.25. The molecule has 2 heterocycles. The summed E-state index contributed by atoms with van der Waals surface area (Å²) in [5.74, 6) is -0.371. The lowest BCUT2D eigenvalue weighted by molar-refractivity contribution is 0.0657. The molecular weight excluding hydrogens is 505 g/mol. The molecule has 1 N–H and O–H groups in total. The molecule has 0 bridgehead atoms.